The zero-order valence-electron chi connectivity index (χ0n) is 33.5. The van der Waals surface area contributed by atoms with Gasteiger partial charge in [-0.15, -0.1) is 0 Å². The van der Waals surface area contributed by atoms with Crippen LogP contribution in [-0.2, 0) is 50.6 Å². The molecule has 0 unspecified atom stereocenters. The van der Waals surface area contributed by atoms with Crippen LogP contribution in [0.4, 0.5) is 0 Å². The Morgan fingerprint density at radius 3 is 1.59 bits per heavy atom. The highest BCUT2D eigenvalue weighted by molar-refractivity contribution is 7.91. The van der Waals surface area contributed by atoms with Gasteiger partial charge in [0.05, 0.1) is 55.9 Å². The summed E-state index contributed by atoms with van der Waals surface area (Å²) in [5.74, 6) is 0.320. The molecule has 3 N–H and O–H groups in total. The summed E-state index contributed by atoms with van der Waals surface area (Å²) < 4.78 is 47.4. The van der Waals surface area contributed by atoms with Gasteiger partial charge in [-0.3, -0.25) is 24.4 Å². The summed E-state index contributed by atoms with van der Waals surface area (Å²) >= 11 is 0. The molecule has 0 radical (unpaired) electrons. The van der Waals surface area contributed by atoms with E-state index in [9.17, 15) is 31.2 Å². The van der Waals surface area contributed by atoms with Crippen molar-refractivity contribution in [2.75, 3.05) is 11.5 Å². The van der Waals surface area contributed by atoms with Crippen LogP contribution in [0.5, 0.6) is 0 Å². The van der Waals surface area contributed by atoms with Gasteiger partial charge in [0.1, 0.15) is 0 Å². The van der Waals surface area contributed by atoms with E-state index in [2.05, 4.69) is 53.6 Å². The summed E-state index contributed by atoms with van der Waals surface area (Å²) in [5.41, 5.74) is 6.45. The highest BCUT2D eigenvalue weighted by Gasteiger charge is 2.35. The Morgan fingerprint density at radius 1 is 0.724 bits per heavy atom. The van der Waals surface area contributed by atoms with Gasteiger partial charge in [0.2, 0.25) is 5.91 Å². The molecule has 4 aromatic rings. The number of benzene rings is 2. The minimum absolute atomic E-state index is 0. The predicted molar refractivity (Wildman–Crippen MR) is 224 cm³/mol. The maximum Gasteiger partial charge on any atom is 0.253 e. The topological polar surface area (TPSA) is 185 Å². The fourth-order valence-corrected chi connectivity index (χ4v) is 8.68. The molecule has 2 aromatic heterocycles. The van der Waals surface area contributed by atoms with Gasteiger partial charge in [0.25, 0.3) is 11.8 Å². The van der Waals surface area contributed by atoms with Crippen molar-refractivity contribution in [1.29, 1.82) is 0 Å². The Kier molecular flexibility index (Phi) is 15.1. The fraction of sp³-hybridized carbons (Fsp3) is 0.419. The fourth-order valence-electron chi connectivity index (χ4n) is 6.92. The van der Waals surface area contributed by atoms with E-state index in [4.69, 9.17) is 0 Å². The number of aromatic nitrogens is 2. The number of sulfone groups is 2. The molecule has 0 saturated carbocycles. The lowest BCUT2D eigenvalue weighted by Crippen LogP contribution is -2.30. The lowest BCUT2D eigenvalue weighted by Gasteiger charge is -2.26. The number of fused-ring (bicyclic) bond motifs is 2. The number of nitrogens with one attached hydrogen (secondary N) is 3. The van der Waals surface area contributed by atoms with Crippen LogP contribution in [-0.4, -0.2) is 60.9 Å². The Morgan fingerprint density at radius 2 is 1.17 bits per heavy atom. The molecule has 15 heteroatoms. The average molecular weight is 833 g/mol. The third-order valence-corrected chi connectivity index (χ3v) is 13.7. The lowest BCUT2D eigenvalue weighted by molar-refractivity contribution is -0.132. The minimum atomic E-state index is -3.24. The van der Waals surface area contributed by atoms with Crippen LogP contribution in [0.3, 0.4) is 0 Å². The summed E-state index contributed by atoms with van der Waals surface area (Å²) in [4.78, 5) is 48.4. The second kappa shape index (κ2) is 19.2. The van der Waals surface area contributed by atoms with E-state index in [0.29, 0.717) is 35.0 Å². The predicted octanol–water partition coefficient (Wildman–Crippen LogP) is 6.11. The van der Waals surface area contributed by atoms with Crippen molar-refractivity contribution in [2.24, 2.45) is 11.8 Å². The van der Waals surface area contributed by atoms with Gasteiger partial charge in [-0.1, -0.05) is 73.2 Å². The molecule has 0 bridgehead atoms. The standard InChI is InChI=1S/C22H27N3O4S.C20H25N3O3S.CH4/c1-5-30(28,29)19-8-6-16(7-9-19)11-24-22(27)17-10-18-13-25(15(4)26)21(14(2)3)20(18)23-12-17;1-4-27(25,26)17-7-5-14(6-8-17)10-23-20(24)16-9-15-11-21-18(13(2)3)19(15)22-12-16;/h6-10,12,14,21H,5,11,13H2,1-4H3,(H,24,27);5-9,12-13,18,21H,4,10-11H2,1-3H3,(H,23,24);1H4/t21-;18-;/m00./s1. The van der Waals surface area contributed by atoms with Crippen molar-refractivity contribution in [3.8, 4) is 0 Å². The number of amides is 3. The van der Waals surface area contributed by atoms with Crippen molar-refractivity contribution in [1.82, 2.24) is 30.8 Å². The summed E-state index contributed by atoms with van der Waals surface area (Å²) in [6.45, 7) is 14.9. The maximum atomic E-state index is 12.6. The monoisotopic (exact) mass is 832 g/mol. The van der Waals surface area contributed by atoms with Crippen molar-refractivity contribution in [2.45, 2.75) is 104 Å². The van der Waals surface area contributed by atoms with E-state index in [0.717, 1.165) is 40.2 Å². The van der Waals surface area contributed by atoms with Gasteiger partial charge in [0, 0.05) is 45.5 Å². The first kappa shape index (κ1) is 45.7. The first-order valence-corrected chi connectivity index (χ1v) is 22.4. The molecule has 6 rings (SSSR count). The molecule has 4 heterocycles. The van der Waals surface area contributed by atoms with E-state index >= 15 is 0 Å². The Labute approximate surface area is 343 Å². The van der Waals surface area contributed by atoms with Gasteiger partial charge in [-0.05, 0) is 70.5 Å². The molecule has 2 aliphatic rings. The number of nitrogens with zero attached hydrogens (tertiary/aromatic N) is 3. The van der Waals surface area contributed by atoms with E-state index < -0.39 is 19.7 Å². The first-order chi connectivity index (χ1) is 26.9. The molecule has 2 aliphatic heterocycles. The molecule has 13 nitrogen and oxygen atoms in total. The number of carbonyl (C=O) groups excluding carboxylic acids is 3. The summed E-state index contributed by atoms with van der Waals surface area (Å²) in [5, 5.41) is 9.13. The van der Waals surface area contributed by atoms with Crippen molar-refractivity contribution < 1.29 is 31.2 Å². The third kappa shape index (κ3) is 10.5. The molecule has 0 saturated heterocycles. The number of hydrogen-bond acceptors (Lipinski definition) is 10. The van der Waals surface area contributed by atoms with Crippen LogP contribution >= 0.6 is 0 Å². The molecule has 58 heavy (non-hydrogen) atoms. The molecule has 2 aromatic carbocycles. The van der Waals surface area contributed by atoms with Crippen molar-refractivity contribution in [3.05, 3.63) is 118 Å². The number of rotatable bonds is 12. The molecule has 3 amide bonds. The maximum absolute atomic E-state index is 12.6. The smallest absolute Gasteiger partial charge is 0.253 e. The van der Waals surface area contributed by atoms with E-state index in [1.165, 1.54) is 0 Å². The molecular weight excluding hydrogens is 777 g/mol. The van der Waals surface area contributed by atoms with Crippen LogP contribution in [0.2, 0.25) is 0 Å². The van der Waals surface area contributed by atoms with Gasteiger partial charge in [0.15, 0.2) is 19.7 Å². The zero-order chi connectivity index (χ0) is 41.7. The van der Waals surface area contributed by atoms with Gasteiger partial charge < -0.3 is 20.9 Å². The molecule has 2 atom stereocenters. The summed E-state index contributed by atoms with van der Waals surface area (Å²) in [7, 11) is -6.45. The van der Waals surface area contributed by atoms with E-state index in [1.54, 1.807) is 92.7 Å². The second-order valence-electron chi connectivity index (χ2n) is 14.9. The second-order valence-corrected chi connectivity index (χ2v) is 19.5. The number of carbonyl (C=O) groups is 3. The number of pyridine rings is 2. The highest BCUT2D eigenvalue weighted by Crippen LogP contribution is 2.37. The largest absolute Gasteiger partial charge is 0.348 e. The van der Waals surface area contributed by atoms with Gasteiger partial charge in [-0.25, -0.2) is 16.8 Å². The SMILES string of the molecule is C.CCS(=O)(=O)c1ccc(CNC(=O)c2cnc3c(c2)CN(C(C)=O)[C@H]3C(C)C)cc1.CCS(=O)(=O)c1ccc(CNC(=O)c2cnc3c(c2)CN[C@H]3C(C)C)cc1. The molecule has 0 aliphatic carbocycles. The first-order valence-electron chi connectivity index (χ1n) is 19.1. The molecule has 0 spiro atoms. The Bertz CT molecular complexity index is 2330. The van der Waals surface area contributed by atoms with Crippen molar-refractivity contribution in [3.63, 3.8) is 0 Å². The lowest BCUT2D eigenvalue weighted by atomic mass is 9.99. The Hall–Kier alpha value is -4.99. The molecule has 312 valence electrons. The van der Waals surface area contributed by atoms with Crippen LogP contribution < -0.4 is 16.0 Å². The molecular formula is C43H56N6O7S2. The summed E-state index contributed by atoms with van der Waals surface area (Å²) in [6.07, 6.45) is 3.16. The van der Waals surface area contributed by atoms with Crippen LogP contribution in [0.25, 0.3) is 0 Å². The normalized spacial score (nSPS) is 15.8. The summed E-state index contributed by atoms with van der Waals surface area (Å²) in [6, 6.07) is 17.0. The van der Waals surface area contributed by atoms with Gasteiger partial charge in [-0.2, -0.15) is 0 Å². The Balaban J connectivity index is 0.000000254. The molecule has 0 fully saturated rings. The van der Waals surface area contributed by atoms with E-state index in [1.807, 2.05) is 6.07 Å². The number of hydrogen-bond donors (Lipinski definition) is 3. The average Bonchev–Trinajstić information content (AvgIpc) is 3.81. The van der Waals surface area contributed by atoms with Crippen molar-refractivity contribution >= 4 is 37.4 Å². The minimum Gasteiger partial charge on any atom is -0.348 e. The highest BCUT2D eigenvalue weighted by atomic mass is 32.2. The third-order valence-electron chi connectivity index (χ3n) is 10.2. The van der Waals surface area contributed by atoms with Crippen LogP contribution in [0.1, 0.15) is 122 Å². The van der Waals surface area contributed by atoms with Gasteiger partial charge >= 0.3 is 0 Å². The van der Waals surface area contributed by atoms with Crippen LogP contribution in [0, 0.1) is 11.8 Å². The quantitative estimate of drug-likeness (QED) is 0.151. The zero-order valence-corrected chi connectivity index (χ0v) is 35.1. The van der Waals surface area contributed by atoms with Crippen LogP contribution in [0.15, 0.2) is 82.8 Å². The van der Waals surface area contributed by atoms with E-state index in [-0.39, 0.29) is 66.1 Å².